The van der Waals surface area contributed by atoms with Crippen LogP contribution in [0.3, 0.4) is 0 Å². The topological polar surface area (TPSA) is 44.5 Å². The molecule has 2 heterocycles. The van der Waals surface area contributed by atoms with Crippen LogP contribution in [0.1, 0.15) is 44.4 Å². The molecule has 4 heteroatoms. The van der Waals surface area contributed by atoms with E-state index in [1.54, 1.807) is 6.26 Å². The van der Waals surface area contributed by atoms with E-state index in [-0.39, 0.29) is 0 Å². The average molecular weight is 329 g/mol. The molecule has 1 aliphatic rings. The maximum absolute atomic E-state index is 5.71. The van der Waals surface area contributed by atoms with Gasteiger partial charge in [0.25, 0.3) is 0 Å². The van der Waals surface area contributed by atoms with Crippen LogP contribution in [0.15, 0.2) is 34.9 Å². The van der Waals surface area contributed by atoms with Crippen molar-refractivity contribution in [1.82, 2.24) is 4.98 Å². The van der Waals surface area contributed by atoms with Gasteiger partial charge in [0.1, 0.15) is 6.26 Å². The number of hydrogen-bond acceptors (Lipinski definition) is 4. The maximum Gasteiger partial charge on any atom is 0.226 e. The second kappa shape index (κ2) is 7.49. The molecule has 0 atom stereocenters. The predicted octanol–water partition coefficient (Wildman–Crippen LogP) is 4.76. The summed E-state index contributed by atoms with van der Waals surface area (Å²) in [6, 6.07) is 8.24. The number of aryl methyl sites for hydroxylation is 2. The van der Waals surface area contributed by atoms with E-state index in [9.17, 15) is 0 Å². The van der Waals surface area contributed by atoms with Crippen LogP contribution in [0.4, 0.5) is 0 Å². The Bertz CT molecular complexity index is 652. The molecule has 1 aromatic heterocycles. The number of rotatable bonds is 6. The molecule has 0 spiro atoms. The molecule has 0 saturated carbocycles. The Morgan fingerprint density at radius 3 is 2.71 bits per heavy atom. The first-order valence-electron chi connectivity index (χ1n) is 8.81. The normalized spacial score (nSPS) is 18.0. The van der Waals surface area contributed by atoms with E-state index in [4.69, 9.17) is 13.9 Å². The van der Waals surface area contributed by atoms with Crippen molar-refractivity contribution in [2.45, 2.75) is 52.2 Å². The van der Waals surface area contributed by atoms with Gasteiger partial charge in [0.05, 0.1) is 18.9 Å². The lowest BCUT2D eigenvalue weighted by atomic mass is 10.0. The number of oxazole rings is 1. The minimum absolute atomic E-state index is 0.413. The van der Waals surface area contributed by atoms with Gasteiger partial charge in [-0.2, -0.15) is 0 Å². The Balaban J connectivity index is 1.42. The van der Waals surface area contributed by atoms with Crippen LogP contribution in [0, 0.1) is 12.8 Å². The van der Waals surface area contributed by atoms with E-state index in [2.05, 4.69) is 24.0 Å². The second-order valence-corrected chi connectivity index (χ2v) is 7.15. The molecule has 0 bridgehead atoms. The molecule has 0 unspecified atom stereocenters. The molecule has 1 aromatic carbocycles. The van der Waals surface area contributed by atoms with Crippen molar-refractivity contribution in [3.05, 3.63) is 41.8 Å². The monoisotopic (exact) mass is 329 g/mol. The Kier molecular flexibility index (Phi) is 5.36. The smallest absolute Gasteiger partial charge is 0.226 e. The molecule has 1 saturated heterocycles. The second-order valence-electron chi connectivity index (χ2n) is 7.15. The van der Waals surface area contributed by atoms with Gasteiger partial charge in [0, 0.05) is 11.5 Å². The molecule has 24 heavy (non-hydrogen) atoms. The van der Waals surface area contributed by atoms with Gasteiger partial charge in [-0.25, -0.2) is 4.98 Å². The minimum Gasteiger partial charge on any atom is -0.444 e. The lowest BCUT2D eigenvalue weighted by Crippen LogP contribution is -2.39. The predicted molar refractivity (Wildman–Crippen MR) is 93.7 cm³/mol. The summed E-state index contributed by atoms with van der Waals surface area (Å²) in [6.07, 6.45) is 6.14. The van der Waals surface area contributed by atoms with E-state index >= 15 is 0 Å². The van der Waals surface area contributed by atoms with Crippen LogP contribution in [0.2, 0.25) is 0 Å². The molecule has 130 valence electrons. The van der Waals surface area contributed by atoms with Crippen LogP contribution in [0.5, 0.6) is 0 Å². The first-order valence-corrected chi connectivity index (χ1v) is 8.81. The van der Waals surface area contributed by atoms with E-state index in [0.717, 1.165) is 50.2 Å². The molecule has 1 fully saturated rings. The fourth-order valence-corrected chi connectivity index (χ4v) is 2.97. The SMILES string of the molecule is Cc1cccc(-c2nc(CCCCC3COC(C)(C)OC3)co2)c1. The van der Waals surface area contributed by atoms with Crippen molar-refractivity contribution in [1.29, 1.82) is 0 Å². The standard InChI is InChI=1S/C20H27NO3/c1-15-7-6-9-17(11-15)19-21-18(14-22-19)10-5-4-8-16-12-23-20(2,3)24-13-16/h6-7,9,11,14,16H,4-5,8,10,12-13H2,1-3H3. The van der Waals surface area contributed by atoms with Crippen molar-refractivity contribution in [2.75, 3.05) is 13.2 Å². The van der Waals surface area contributed by atoms with Crippen molar-refractivity contribution in [3.63, 3.8) is 0 Å². The number of ether oxygens (including phenoxy) is 2. The van der Waals surface area contributed by atoms with Crippen LogP contribution < -0.4 is 0 Å². The molecule has 0 radical (unpaired) electrons. The van der Waals surface area contributed by atoms with E-state index < -0.39 is 5.79 Å². The van der Waals surface area contributed by atoms with Gasteiger partial charge < -0.3 is 13.9 Å². The fourth-order valence-electron chi connectivity index (χ4n) is 2.97. The summed E-state index contributed by atoms with van der Waals surface area (Å²) in [5.41, 5.74) is 3.29. The fraction of sp³-hybridized carbons (Fsp3) is 0.550. The van der Waals surface area contributed by atoms with Crippen molar-refractivity contribution < 1.29 is 13.9 Å². The quantitative estimate of drug-likeness (QED) is 0.717. The molecule has 0 N–H and O–H groups in total. The summed E-state index contributed by atoms with van der Waals surface area (Å²) in [6.45, 7) is 7.62. The zero-order valence-electron chi connectivity index (χ0n) is 14.9. The van der Waals surface area contributed by atoms with Gasteiger partial charge in [-0.05, 0) is 52.2 Å². The average Bonchev–Trinajstić information content (AvgIpc) is 3.02. The first kappa shape index (κ1) is 17.2. The van der Waals surface area contributed by atoms with Gasteiger partial charge in [-0.3, -0.25) is 0 Å². The molecule has 3 rings (SSSR count). The first-order chi connectivity index (χ1) is 11.5. The molecular weight excluding hydrogens is 302 g/mol. The summed E-state index contributed by atoms with van der Waals surface area (Å²) >= 11 is 0. The molecule has 2 aromatic rings. The van der Waals surface area contributed by atoms with Crippen molar-refractivity contribution >= 4 is 0 Å². The maximum atomic E-state index is 5.71. The Morgan fingerprint density at radius 2 is 1.96 bits per heavy atom. The summed E-state index contributed by atoms with van der Waals surface area (Å²) in [7, 11) is 0. The summed E-state index contributed by atoms with van der Waals surface area (Å²) < 4.78 is 17.0. The third-order valence-electron chi connectivity index (χ3n) is 4.45. The van der Waals surface area contributed by atoms with Crippen LogP contribution in [0.25, 0.3) is 11.5 Å². The number of hydrogen-bond donors (Lipinski definition) is 0. The van der Waals surface area contributed by atoms with E-state index in [1.807, 2.05) is 26.0 Å². The number of unbranched alkanes of at least 4 members (excludes halogenated alkanes) is 1. The molecular formula is C20H27NO3. The number of benzene rings is 1. The molecule has 4 nitrogen and oxygen atoms in total. The lowest BCUT2D eigenvalue weighted by molar-refractivity contribution is -0.262. The van der Waals surface area contributed by atoms with E-state index in [1.165, 1.54) is 5.56 Å². The minimum atomic E-state index is -0.413. The molecule has 0 aliphatic carbocycles. The highest BCUT2D eigenvalue weighted by atomic mass is 16.7. The van der Waals surface area contributed by atoms with Crippen LogP contribution >= 0.6 is 0 Å². The van der Waals surface area contributed by atoms with Gasteiger partial charge in [-0.1, -0.05) is 24.1 Å². The highest BCUT2D eigenvalue weighted by Crippen LogP contribution is 2.24. The van der Waals surface area contributed by atoms with Crippen LogP contribution in [-0.2, 0) is 15.9 Å². The Labute approximate surface area is 144 Å². The molecule has 0 amide bonds. The Morgan fingerprint density at radius 1 is 1.17 bits per heavy atom. The summed E-state index contributed by atoms with van der Waals surface area (Å²) in [5.74, 6) is 0.812. The molecule has 1 aliphatic heterocycles. The van der Waals surface area contributed by atoms with Gasteiger partial charge in [0.2, 0.25) is 5.89 Å². The van der Waals surface area contributed by atoms with E-state index in [0.29, 0.717) is 11.8 Å². The zero-order valence-corrected chi connectivity index (χ0v) is 14.9. The van der Waals surface area contributed by atoms with Crippen molar-refractivity contribution in [3.8, 4) is 11.5 Å². The lowest BCUT2D eigenvalue weighted by Gasteiger charge is -2.35. The number of aromatic nitrogens is 1. The highest BCUT2D eigenvalue weighted by Gasteiger charge is 2.27. The summed E-state index contributed by atoms with van der Waals surface area (Å²) in [5, 5.41) is 0. The number of nitrogens with zero attached hydrogens (tertiary/aromatic N) is 1. The van der Waals surface area contributed by atoms with Crippen LogP contribution in [-0.4, -0.2) is 24.0 Å². The van der Waals surface area contributed by atoms with Gasteiger partial charge in [0.15, 0.2) is 5.79 Å². The van der Waals surface area contributed by atoms with Gasteiger partial charge >= 0.3 is 0 Å². The third-order valence-corrected chi connectivity index (χ3v) is 4.45. The highest BCUT2D eigenvalue weighted by molar-refractivity contribution is 5.54. The zero-order chi connectivity index (χ0) is 17.0. The summed E-state index contributed by atoms with van der Waals surface area (Å²) in [4.78, 5) is 4.61. The Hall–Kier alpha value is -1.65. The largest absolute Gasteiger partial charge is 0.444 e. The van der Waals surface area contributed by atoms with Crippen molar-refractivity contribution in [2.24, 2.45) is 5.92 Å². The third kappa shape index (κ3) is 4.68. The van der Waals surface area contributed by atoms with Gasteiger partial charge in [-0.15, -0.1) is 0 Å².